The zero-order valence-corrected chi connectivity index (χ0v) is 22.1. The predicted molar refractivity (Wildman–Crippen MR) is 145 cm³/mol. The van der Waals surface area contributed by atoms with Crippen LogP contribution in [0.3, 0.4) is 0 Å². The van der Waals surface area contributed by atoms with Gasteiger partial charge in [-0.15, -0.1) is 0 Å². The van der Waals surface area contributed by atoms with Crippen LogP contribution in [0, 0.1) is 16.5 Å². The van der Waals surface area contributed by atoms with Crippen molar-refractivity contribution in [2.75, 3.05) is 26.4 Å². The summed E-state index contributed by atoms with van der Waals surface area (Å²) < 4.78 is 15.2. The molecule has 0 bridgehead atoms. The molecule has 1 amide bonds. The van der Waals surface area contributed by atoms with Crippen LogP contribution in [0.4, 0.5) is 0 Å². The summed E-state index contributed by atoms with van der Waals surface area (Å²) in [5, 5.41) is 18.7. The van der Waals surface area contributed by atoms with Gasteiger partial charge in [0.2, 0.25) is 6.79 Å². The van der Waals surface area contributed by atoms with E-state index in [1.807, 2.05) is 40.0 Å². The Morgan fingerprint density at radius 2 is 1.97 bits per heavy atom. The molecule has 4 heterocycles. The Kier molecular flexibility index (Phi) is 6.16. The maximum atomic E-state index is 13.0. The van der Waals surface area contributed by atoms with Gasteiger partial charge in [0, 0.05) is 39.8 Å². The molecule has 1 saturated heterocycles. The normalized spacial score (nSPS) is 17.1. The topological polar surface area (TPSA) is 88.9 Å². The lowest BCUT2D eigenvalue weighted by Crippen LogP contribution is -2.41. The molecule has 3 aromatic rings. The van der Waals surface area contributed by atoms with E-state index < -0.39 is 20.7 Å². The van der Waals surface area contributed by atoms with Crippen molar-refractivity contribution >= 4 is 36.0 Å². The molecule has 2 aromatic carbocycles. The minimum absolute atomic E-state index is 0.0391. The van der Waals surface area contributed by atoms with Crippen LogP contribution in [-0.4, -0.2) is 55.6 Å². The Hall–Kier alpha value is -3.34. The van der Waals surface area contributed by atoms with Crippen LogP contribution in [0.25, 0.3) is 5.82 Å². The van der Waals surface area contributed by atoms with Crippen LogP contribution in [0.5, 0.6) is 17.2 Å². The molecule has 3 aliphatic heterocycles. The highest BCUT2D eigenvalue weighted by Crippen LogP contribution is 2.34. The summed E-state index contributed by atoms with van der Waals surface area (Å²) in [6.07, 6.45) is 5.92. The first-order valence-corrected chi connectivity index (χ1v) is 14.2. The van der Waals surface area contributed by atoms with Gasteiger partial charge < -0.3 is 24.8 Å². The second-order valence-corrected chi connectivity index (χ2v) is 11.9. The third kappa shape index (κ3) is 4.36. The third-order valence-corrected chi connectivity index (χ3v) is 10.1. The maximum Gasteiger partial charge on any atom is 0.253 e. The first kappa shape index (κ1) is 23.1. The molecule has 9 heteroatoms. The molecule has 0 radical (unpaired) electrons. The highest BCUT2D eigenvalue weighted by atomic mass is 127. The largest absolute Gasteiger partial charge is 0.507 e. The number of aromatic nitrogens is 2. The molecule has 0 saturated carbocycles. The van der Waals surface area contributed by atoms with Crippen LogP contribution < -0.4 is 14.8 Å². The van der Waals surface area contributed by atoms with Crippen molar-refractivity contribution < 1.29 is 19.4 Å². The van der Waals surface area contributed by atoms with Gasteiger partial charge in [-0.3, -0.25) is 4.79 Å². The molecule has 1 fully saturated rings. The van der Waals surface area contributed by atoms with Gasteiger partial charge in [-0.2, -0.15) is 5.10 Å². The number of allylic oxidation sites excluding steroid dienone is 1. The lowest BCUT2D eigenvalue weighted by molar-refractivity contribution is 0.0691. The molecular formula is C27H27IN4O4. The lowest BCUT2D eigenvalue weighted by Gasteiger charge is -2.32. The number of aromatic hydroxyl groups is 1. The fourth-order valence-corrected chi connectivity index (χ4v) is 7.66. The van der Waals surface area contributed by atoms with Crippen LogP contribution in [-0.2, 0) is 0 Å². The summed E-state index contributed by atoms with van der Waals surface area (Å²) in [4.78, 5) is 15.0. The van der Waals surface area contributed by atoms with Crippen molar-refractivity contribution in [2.24, 2.45) is 5.92 Å². The number of amides is 1. The Bertz CT molecular complexity index is 1390. The van der Waals surface area contributed by atoms with Gasteiger partial charge in [-0.1, -0.05) is 38.9 Å². The van der Waals surface area contributed by atoms with E-state index in [0.29, 0.717) is 28.7 Å². The summed E-state index contributed by atoms with van der Waals surface area (Å²) in [5.41, 5.74) is 2.71. The number of piperidine rings is 1. The average molecular weight is 598 g/mol. The fraction of sp³-hybridized carbons (Fsp3) is 0.296. The van der Waals surface area contributed by atoms with Gasteiger partial charge in [0.25, 0.3) is 5.91 Å². The molecular weight excluding hydrogens is 571 g/mol. The zero-order valence-electron chi connectivity index (χ0n) is 19.9. The number of aryl methyl sites for hydroxylation is 1. The first-order valence-electron chi connectivity index (χ1n) is 12.1. The zero-order chi connectivity index (χ0) is 24.6. The fourth-order valence-electron chi connectivity index (χ4n) is 4.73. The van der Waals surface area contributed by atoms with Crippen molar-refractivity contribution in [1.29, 1.82) is 0 Å². The second kappa shape index (κ2) is 9.61. The van der Waals surface area contributed by atoms with Crippen molar-refractivity contribution in [3.8, 4) is 17.2 Å². The number of hydrogen-bond donors (Lipinski definition) is 2. The van der Waals surface area contributed by atoms with E-state index in [9.17, 15) is 9.90 Å². The Balaban J connectivity index is 1.11. The smallest absolute Gasteiger partial charge is 0.253 e. The van der Waals surface area contributed by atoms with Crippen LogP contribution >= 0.6 is 20.7 Å². The Morgan fingerprint density at radius 3 is 2.81 bits per heavy atom. The maximum absolute atomic E-state index is 13.0. The van der Waals surface area contributed by atoms with Crippen molar-refractivity contribution in [2.45, 2.75) is 19.8 Å². The third-order valence-electron chi connectivity index (χ3n) is 6.82. The number of hydrogen-bond acceptors (Lipinski definition) is 6. The summed E-state index contributed by atoms with van der Waals surface area (Å²) in [6.45, 7) is 4.56. The Morgan fingerprint density at radius 1 is 1.17 bits per heavy atom. The number of rotatable bonds is 5. The van der Waals surface area contributed by atoms with E-state index in [2.05, 4.69) is 23.4 Å². The molecule has 6 rings (SSSR count). The number of nitrogens with zero attached hydrogens (tertiary/aromatic N) is 3. The summed E-state index contributed by atoms with van der Waals surface area (Å²) in [6, 6.07) is 12.9. The molecule has 2 N–H and O–H groups in total. The number of carbonyl (C=O) groups excluding carboxylic acids is 1. The second-order valence-electron chi connectivity index (χ2n) is 9.20. The Labute approximate surface area is 219 Å². The first-order chi connectivity index (χ1) is 17.6. The summed E-state index contributed by atoms with van der Waals surface area (Å²) in [7, 11) is 0. The van der Waals surface area contributed by atoms with Gasteiger partial charge >= 0.3 is 0 Å². The number of carbonyl (C=O) groups is 1. The number of phenolic OH excluding ortho intramolecular Hbond substituents is 1. The molecule has 0 unspecified atom stereocenters. The molecule has 3 aliphatic rings. The predicted octanol–water partition coefficient (Wildman–Crippen LogP) is 3.94. The highest BCUT2D eigenvalue weighted by Gasteiger charge is 2.26. The molecule has 8 nitrogen and oxygen atoms in total. The number of fused-ring (bicyclic) bond motifs is 2. The van der Waals surface area contributed by atoms with E-state index in [0.717, 1.165) is 43.9 Å². The molecule has 0 aliphatic carbocycles. The van der Waals surface area contributed by atoms with E-state index in [1.54, 1.807) is 18.2 Å². The molecule has 0 spiro atoms. The van der Waals surface area contributed by atoms with Crippen LogP contribution in [0.2, 0.25) is 0 Å². The van der Waals surface area contributed by atoms with Crippen LogP contribution in [0.1, 0.15) is 34.3 Å². The SMILES string of the molecule is Cc1cnn2c1I=C(c1ccccc1O)C=C2NCC1CCN(C(=O)c2ccc3c(c2)OCO3)CC1. The van der Waals surface area contributed by atoms with Gasteiger partial charge in [-0.05, 0) is 56.0 Å². The molecule has 1 aromatic heterocycles. The summed E-state index contributed by atoms with van der Waals surface area (Å²) in [5.74, 6) is 3.08. The molecule has 36 heavy (non-hydrogen) atoms. The van der Waals surface area contributed by atoms with Crippen LogP contribution in [0.15, 0.2) is 54.7 Å². The number of phenols is 1. The van der Waals surface area contributed by atoms with Gasteiger partial charge in [0.15, 0.2) is 11.5 Å². The minimum Gasteiger partial charge on any atom is -0.507 e. The van der Waals surface area contributed by atoms with E-state index in [1.165, 1.54) is 12.8 Å². The number of nitrogens with one attached hydrogen (secondary N) is 1. The molecule has 186 valence electrons. The summed E-state index contributed by atoms with van der Waals surface area (Å²) >= 11 is -0.463. The number of benzene rings is 2. The van der Waals surface area contributed by atoms with E-state index in [4.69, 9.17) is 9.47 Å². The van der Waals surface area contributed by atoms with Crippen molar-refractivity contribution in [1.82, 2.24) is 20.0 Å². The van der Waals surface area contributed by atoms with Crippen molar-refractivity contribution in [3.63, 3.8) is 0 Å². The number of ether oxygens (including phenoxy) is 2. The standard InChI is InChI=1S/C27H27IN4O4/c1-17-14-30-32-25(13-21(28-26(17)32)20-4-2-3-5-22(20)33)29-15-18-8-10-31(11-9-18)27(34)19-6-7-23-24(12-19)36-16-35-23/h2-7,12-14,18,29,33H,8-11,15-16H2,1H3. The monoisotopic (exact) mass is 598 g/mol. The van der Waals surface area contributed by atoms with E-state index >= 15 is 0 Å². The lowest BCUT2D eigenvalue weighted by atomic mass is 9.96. The van der Waals surface area contributed by atoms with Gasteiger partial charge in [0.1, 0.15) is 15.3 Å². The number of para-hydroxylation sites is 1. The quantitative estimate of drug-likeness (QED) is 0.433. The highest BCUT2D eigenvalue weighted by molar-refractivity contribution is 14.2. The van der Waals surface area contributed by atoms with Crippen molar-refractivity contribution in [3.05, 3.63) is 75.1 Å². The minimum atomic E-state index is -0.463. The van der Waals surface area contributed by atoms with Gasteiger partial charge in [-0.25, -0.2) is 4.68 Å². The van der Waals surface area contributed by atoms with Gasteiger partial charge in [0.05, 0.1) is 6.20 Å². The number of halogens is 1. The average Bonchev–Trinajstić information content (AvgIpc) is 3.53. The molecule has 0 atom stereocenters. The number of likely N-dealkylation sites (tertiary alicyclic amines) is 1. The van der Waals surface area contributed by atoms with E-state index in [-0.39, 0.29) is 12.7 Å².